The van der Waals surface area contributed by atoms with E-state index in [1.165, 1.54) is 7.11 Å². The van der Waals surface area contributed by atoms with Crippen molar-refractivity contribution in [3.05, 3.63) is 102 Å². The Balaban J connectivity index is 1.11. The Morgan fingerprint density at radius 3 is 2.18 bits per heavy atom. The number of aliphatic carboxylic acids is 1. The highest BCUT2D eigenvalue weighted by molar-refractivity contribution is 7.92. The van der Waals surface area contributed by atoms with E-state index in [-0.39, 0.29) is 36.7 Å². The number of fused-ring (bicyclic) bond motifs is 1. The van der Waals surface area contributed by atoms with Crippen molar-refractivity contribution >= 4 is 49.9 Å². The van der Waals surface area contributed by atoms with Crippen LogP contribution in [0.15, 0.2) is 85.1 Å². The second-order valence-electron chi connectivity index (χ2n) is 15.4. The first-order chi connectivity index (χ1) is 28.6. The number of urea groups is 1. The fourth-order valence-corrected chi connectivity index (χ4v) is 6.98. The van der Waals surface area contributed by atoms with Crippen molar-refractivity contribution in [2.24, 2.45) is 0 Å². The van der Waals surface area contributed by atoms with Crippen LogP contribution in [0, 0.1) is 0 Å². The molecular weight excluding hydrogens is 793 g/mol. The second-order valence-corrected chi connectivity index (χ2v) is 17.1. The van der Waals surface area contributed by atoms with E-state index in [0.29, 0.717) is 60.2 Å². The number of sulfonamides is 1. The van der Waals surface area contributed by atoms with Crippen molar-refractivity contribution in [2.75, 3.05) is 62.3 Å². The van der Waals surface area contributed by atoms with E-state index < -0.39 is 27.6 Å². The Bertz CT molecular complexity index is 2470. The van der Waals surface area contributed by atoms with Gasteiger partial charge in [0, 0.05) is 41.2 Å². The number of nitrogens with one attached hydrogen (secondary N) is 3. The largest absolute Gasteiger partial charge is 0.497 e. The number of benzene rings is 4. The average molecular weight is 843 g/mol. The molecule has 4 N–H and O–H groups in total. The van der Waals surface area contributed by atoms with Gasteiger partial charge in [-0.1, -0.05) is 45.0 Å². The number of rotatable bonds is 19. The molecule has 1 saturated carbocycles. The van der Waals surface area contributed by atoms with Gasteiger partial charge in [0.25, 0.3) is 0 Å². The first kappa shape index (κ1) is 43.5. The van der Waals surface area contributed by atoms with Crippen LogP contribution in [-0.4, -0.2) is 83.0 Å². The molecule has 0 aliphatic heterocycles. The minimum Gasteiger partial charge on any atom is -0.497 e. The van der Waals surface area contributed by atoms with Gasteiger partial charge in [-0.2, -0.15) is 0 Å². The normalized spacial score (nSPS) is 13.3. The molecule has 318 valence electrons. The molecule has 0 bridgehead atoms. The van der Waals surface area contributed by atoms with E-state index in [4.69, 9.17) is 28.4 Å². The first-order valence-electron chi connectivity index (χ1n) is 19.2. The molecule has 6 rings (SSSR count). The highest BCUT2D eigenvalue weighted by Gasteiger charge is 2.51. The summed E-state index contributed by atoms with van der Waals surface area (Å²) in [5.74, 6) is 1.57. The van der Waals surface area contributed by atoms with Crippen LogP contribution in [0.1, 0.15) is 50.4 Å². The Labute approximate surface area is 349 Å². The molecule has 4 aromatic carbocycles. The predicted molar refractivity (Wildman–Crippen MR) is 229 cm³/mol. The number of carbonyl (C=O) groups is 2. The molecule has 60 heavy (non-hydrogen) atoms. The molecule has 1 fully saturated rings. The van der Waals surface area contributed by atoms with Crippen LogP contribution in [0.4, 0.5) is 21.9 Å². The molecule has 0 unspecified atom stereocenters. The zero-order valence-electron chi connectivity index (χ0n) is 34.4. The lowest BCUT2D eigenvalue weighted by atomic mass is 9.86. The molecule has 2 amide bonds. The average Bonchev–Trinajstić information content (AvgIpc) is 3.99. The number of hydrogen-bond donors (Lipinski definition) is 4. The van der Waals surface area contributed by atoms with Crippen molar-refractivity contribution in [3.63, 3.8) is 0 Å². The summed E-state index contributed by atoms with van der Waals surface area (Å²) in [5.41, 5.74) is 2.03. The highest BCUT2D eigenvalue weighted by Crippen LogP contribution is 2.41. The SMILES string of the molecule is COc1cc(Cc2cc(Oc3ccc(NC(=O)Nc4cc(C(C)(C)C)cc(NS(C)(=O)=O)c4OC)c4ccccc34)ccn2)cc(OCCOCCOC2(C(=O)O)CC2)c1. The fraction of sp³-hybridized carbons (Fsp3) is 0.341. The third kappa shape index (κ3) is 11.3. The van der Waals surface area contributed by atoms with Crippen LogP contribution in [0.3, 0.4) is 0 Å². The molecule has 15 nitrogen and oxygen atoms in total. The summed E-state index contributed by atoms with van der Waals surface area (Å²) in [5, 5.41) is 16.5. The Morgan fingerprint density at radius 2 is 1.50 bits per heavy atom. The molecule has 1 aliphatic carbocycles. The number of carbonyl (C=O) groups excluding carboxylic acids is 1. The van der Waals surface area contributed by atoms with E-state index in [1.54, 1.807) is 49.7 Å². The van der Waals surface area contributed by atoms with Crippen LogP contribution >= 0.6 is 0 Å². The Morgan fingerprint density at radius 1 is 0.800 bits per heavy atom. The minimum atomic E-state index is -3.65. The fourth-order valence-electron chi connectivity index (χ4n) is 6.43. The highest BCUT2D eigenvalue weighted by atomic mass is 32.2. The van der Waals surface area contributed by atoms with Crippen molar-refractivity contribution in [1.82, 2.24) is 4.98 Å². The summed E-state index contributed by atoms with van der Waals surface area (Å²) in [6.07, 6.45) is 4.23. The Hall–Kier alpha value is -6.10. The van der Waals surface area contributed by atoms with Crippen LogP contribution in [-0.2, 0) is 36.1 Å². The molecule has 0 spiro atoms. The number of methoxy groups -OCH3 is 2. The lowest BCUT2D eigenvalue weighted by Gasteiger charge is -2.24. The summed E-state index contributed by atoms with van der Waals surface area (Å²) in [4.78, 5) is 29.3. The van der Waals surface area contributed by atoms with Crippen LogP contribution in [0.5, 0.6) is 28.7 Å². The maximum absolute atomic E-state index is 13.5. The van der Waals surface area contributed by atoms with Crippen molar-refractivity contribution in [3.8, 4) is 28.7 Å². The van der Waals surface area contributed by atoms with Gasteiger partial charge in [-0.3, -0.25) is 9.71 Å². The quantitative estimate of drug-likeness (QED) is 0.0587. The van der Waals surface area contributed by atoms with Gasteiger partial charge in [0.2, 0.25) is 10.0 Å². The van der Waals surface area contributed by atoms with E-state index in [0.717, 1.165) is 33.8 Å². The number of hydrogen-bond acceptors (Lipinski definition) is 11. The van der Waals surface area contributed by atoms with Crippen LogP contribution in [0.25, 0.3) is 10.8 Å². The van der Waals surface area contributed by atoms with Gasteiger partial charge >= 0.3 is 12.0 Å². The zero-order chi connectivity index (χ0) is 43.1. The van der Waals surface area contributed by atoms with E-state index in [2.05, 4.69) is 20.3 Å². The maximum atomic E-state index is 13.5. The number of nitrogens with zero attached hydrogens (tertiary/aromatic N) is 1. The monoisotopic (exact) mass is 842 g/mol. The Kier molecular flexibility index (Phi) is 13.4. The van der Waals surface area contributed by atoms with E-state index in [9.17, 15) is 23.1 Å². The smallest absolute Gasteiger partial charge is 0.335 e. The first-order valence-corrected chi connectivity index (χ1v) is 21.1. The van der Waals surface area contributed by atoms with E-state index >= 15 is 0 Å². The van der Waals surface area contributed by atoms with Gasteiger partial charge in [0.15, 0.2) is 11.4 Å². The summed E-state index contributed by atoms with van der Waals surface area (Å²) in [6.45, 7) is 6.98. The minimum absolute atomic E-state index is 0.168. The number of anilines is 3. The number of amides is 2. The topological polar surface area (TPSA) is 193 Å². The molecule has 0 saturated heterocycles. The van der Waals surface area contributed by atoms with Crippen LogP contribution < -0.4 is 34.3 Å². The lowest BCUT2D eigenvalue weighted by molar-refractivity contribution is -0.154. The molecular formula is C44H50N4O11S. The van der Waals surface area contributed by atoms with Gasteiger partial charge in [0.05, 0.1) is 57.4 Å². The molecule has 1 aromatic heterocycles. The van der Waals surface area contributed by atoms with Crippen molar-refractivity contribution in [1.29, 1.82) is 0 Å². The van der Waals surface area contributed by atoms with Gasteiger partial charge in [-0.05, 0) is 71.8 Å². The molecule has 5 aromatic rings. The number of aromatic nitrogens is 1. The predicted octanol–water partition coefficient (Wildman–Crippen LogP) is 7.98. The van der Waals surface area contributed by atoms with E-state index in [1.807, 2.05) is 63.2 Å². The molecule has 0 atom stereocenters. The molecule has 16 heteroatoms. The summed E-state index contributed by atoms with van der Waals surface area (Å²) in [7, 11) is -0.660. The third-order valence-electron chi connectivity index (χ3n) is 9.61. The number of carboxylic acid groups (broad SMARTS) is 1. The number of ether oxygens (including phenoxy) is 6. The second kappa shape index (κ2) is 18.4. The third-order valence-corrected chi connectivity index (χ3v) is 10.2. The molecule has 0 radical (unpaired) electrons. The number of pyridine rings is 1. The summed E-state index contributed by atoms with van der Waals surface area (Å²) >= 11 is 0. The van der Waals surface area contributed by atoms with Gasteiger partial charge < -0.3 is 44.2 Å². The zero-order valence-corrected chi connectivity index (χ0v) is 35.2. The summed E-state index contributed by atoms with van der Waals surface area (Å²) < 4.78 is 61.3. The molecule has 1 aliphatic rings. The summed E-state index contributed by atoms with van der Waals surface area (Å²) in [6, 6.07) is 23.1. The van der Waals surface area contributed by atoms with Gasteiger partial charge in [0.1, 0.15) is 29.6 Å². The van der Waals surface area contributed by atoms with Gasteiger partial charge in [-0.25, -0.2) is 18.0 Å². The van der Waals surface area contributed by atoms with Crippen molar-refractivity contribution in [2.45, 2.75) is 51.0 Å². The standard InChI is InChI=1S/C44H50N4O11S/c1-43(2,3)29-24-37(40(55-5)38(25-29)48-60(6,52)53)47-42(51)46-36-11-12-39(35-10-8-7-9-34(35)36)59-31-13-16-45-30(26-31)21-28-22-32(54-4)27-33(23-28)57-19-17-56-18-20-58-44(14-15-44)41(49)50/h7-13,16,22-27,48H,14-15,17-21H2,1-6H3,(H,49,50)(H2,46,47,51). The maximum Gasteiger partial charge on any atom is 0.335 e. The van der Waals surface area contributed by atoms with Crippen LogP contribution in [0.2, 0.25) is 0 Å². The van der Waals surface area contributed by atoms with Gasteiger partial charge in [-0.15, -0.1) is 0 Å². The number of carboxylic acids is 1. The lowest BCUT2D eigenvalue weighted by Crippen LogP contribution is -2.27. The van der Waals surface area contributed by atoms with Crippen molar-refractivity contribution < 1.29 is 51.5 Å². The molecule has 1 heterocycles.